The summed E-state index contributed by atoms with van der Waals surface area (Å²) in [6.45, 7) is 1.67. The number of anilines is 2. The maximum atomic E-state index is 12.7. The van der Waals surface area contributed by atoms with E-state index in [4.69, 9.17) is 11.6 Å². The van der Waals surface area contributed by atoms with Crippen molar-refractivity contribution in [3.63, 3.8) is 0 Å². The van der Waals surface area contributed by atoms with Gasteiger partial charge in [-0.3, -0.25) is 4.79 Å². The van der Waals surface area contributed by atoms with Gasteiger partial charge in [0.25, 0.3) is 0 Å². The van der Waals surface area contributed by atoms with Gasteiger partial charge < -0.3 is 10.2 Å². The molecular weight excluding hydrogens is 404 g/mol. The van der Waals surface area contributed by atoms with Gasteiger partial charge in [-0.1, -0.05) is 41.9 Å². The van der Waals surface area contributed by atoms with E-state index < -0.39 is 0 Å². The summed E-state index contributed by atoms with van der Waals surface area (Å²) in [5.41, 5.74) is 2.18. The van der Waals surface area contributed by atoms with Gasteiger partial charge in [-0.15, -0.1) is 11.3 Å². The minimum absolute atomic E-state index is 0.157. The summed E-state index contributed by atoms with van der Waals surface area (Å²) in [4.78, 5) is 23.4. The van der Waals surface area contributed by atoms with E-state index in [2.05, 4.69) is 45.6 Å². The van der Waals surface area contributed by atoms with Crippen molar-refractivity contribution in [3.8, 4) is 0 Å². The highest BCUT2D eigenvalue weighted by Gasteiger charge is 2.23. The predicted octanol–water partition coefficient (Wildman–Crippen LogP) is 4.96. The number of rotatable bonds is 6. The summed E-state index contributed by atoms with van der Waals surface area (Å²) >= 11 is 7.33. The SMILES string of the molecule is O=C(Cc1csc(Nc2ccc(Cl)cn2)n1)N1CCC(Cc2ccccc2)CC1. The third-order valence-electron chi connectivity index (χ3n) is 5.18. The van der Waals surface area contributed by atoms with Gasteiger partial charge in [0.1, 0.15) is 5.82 Å². The monoisotopic (exact) mass is 426 g/mol. The second kappa shape index (κ2) is 9.37. The number of pyridine rings is 1. The molecule has 3 heterocycles. The number of piperidine rings is 1. The molecule has 0 atom stereocenters. The van der Waals surface area contributed by atoms with Crippen LogP contribution in [0, 0.1) is 5.92 Å². The Morgan fingerprint density at radius 1 is 1.17 bits per heavy atom. The Kier molecular flexibility index (Phi) is 6.42. The Balaban J connectivity index is 1.26. The number of carbonyl (C=O) groups is 1. The first-order valence-corrected chi connectivity index (χ1v) is 11.1. The lowest BCUT2D eigenvalue weighted by molar-refractivity contribution is -0.131. The zero-order valence-corrected chi connectivity index (χ0v) is 17.6. The molecule has 1 aliphatic heterocycles. The zero-order chi connectivity index (χ0) is 20.1. The van der Waals surface area contributed by atoms with Gasteiger partial charge in [0.2, 0.25) is 5.91 Å². The van der Waals surface area contributed by atoms with Crippen molar-refractivity contribution in [2.75, 3.05) is 18.4 Å². The van der Waals surface area contributed by atoms with Crippen LogP contribution in [-0.2, 0) is 17.6 Å². The standard InChI is InChI=1S/C22H23ClN4OS/c23-18-6-7-20(24-14-18)26-22-25-19(15-29-22)13-21(28)27-10-8-17(9-11-27)12-16-4-2-1-3-5-16/h1-7,14-15,17H,8-13H2,(H,24,25,26). The van der Waals surface area contributed by atoms with Crippen LogP contribution in [-0.4, -0.2) is 33.9 Å². The molecule has 0 radical (unpaired) electrons. The van der Waals surface area contributed by atoms with Crippen LogP contribution in [0.5, 0.6) is 0 Å². The largest absolute Gasteiger partial charge is 0.342 e. The Bertz CT molecular complexity index is 937. The number of nitrogens with zero attached hydrogens (tertiary/aromatic N) is 3. The molecule has 0 spiro atoms. The lowest BCUT2D eigenvalue weighted by Gasteiger charge is -2.32. The third kappa shape index (κ3) is 5.55. The highest BCUT2D eigenvalue weighted by atomic mass is 35.5. The molecule has 1 aromatic carbocycles. The number of halogens is 1. The second-order valence-electron chi connectivity index (χ2n) is 7.32. The Morgan fingerprint density at radius 2 is 1.97 bits per heavy atom. The van der Waals surface area contributed by atoms with Crippen molar-refractivity contribution >= 4 is 39.8 Å². The fourth-order valence-corrected chi connectivity index (χ4v) is 4.43. The molecular formula is C22H23ClN4OS. The van der Waals surface area contributed by atoms with Crippen LogP contribution in [0.3, 0.4) is 0 Å². The number of hydrogen-bond donors (Lipinski definition) is 1. The molecule has 4 rings (SSSR count). The van der Waals surface area contributed by atoms with E-state index in [0.717, 1.165) is 43.2 Å². The molecule has 0 bridgehead atoms. The molecule has 3 aromatic rings. The molecule has 5 nitrogen and oxygen atoms in total. The fourth-order valence-electron chi connectivity index (χ4n) is 3.61. The topological polar surface area (TPSA) is 58.1 Å². The molecule has 1 N–H and O–H groups in total. The molecule has 29 heavy (non-hydrogen) atoms. The molecule has 0 aliphatic carbocycles. The minimum atomic E-state index is 0.157. The van der Waals surface area contributed by atoms with E-state index in [-0.39, 0.29) is 5.91 Å². The summed E-state index contributed by atoms with van der Waals surface area (Å²) in [5.74, 6) is 1.50. The number of benzene rings is 1. The van der Waals surface area contributed by atoms with Gasteiger partial charge in [0.15, 0.2) is 5.13 Å². The number of nitrogens with one attached hydrogen (secondary N) is 1. The maximum Gasteiger partial charge on any atom is 0.228 e. The van der Waals surface area contributed by atoms with Crippen LogP contribution in [0.2, 0.25) is 5.02 Å². The summed E-state index contributed by atoms with van der Waals surface area (Å²) < 4.78 is 0. The number of carbonyl (C=O) groups excluding carboxylic acids is 1. The first kappa shape index (κ1) is 19.9. The number of likely N-dealkylation sites (tertiary alicyclic amines) is 1. The third-order valence-corrected chi connectivity index (χ3v) is 6.21. The quantitative estimate of drug-likeness (QED) is 0.605. The van der Waals surface area contributed by atoms with Gasteiger partial charge in [-0.05, 0) is 42.9 Å². The van der Waals surface area contributed by atoms with Gasteiger partial charge in [-0.2, -0.15) is 0 Å². The summed E-state index contributed by atoms with van der Waals surface area (Å²) in [6.07, 6.45) is 5.15. The second-order valence-corrected chi connectivity index (χ2v) is 8.62. The Labute approximate surface area is 179 Å². The van der Waals surface area contributed by atoms with Crippen LogP contribution in [0.1, 0.15) is 24.1 Å². The molecule has 0 unspecified atom stereocenters. The average molecular weight is 427 g/mol. The average Bonchev–Trinajstić information content (AvgIpc) is 3.18. The van der Waals surface area contributed by atoms with Crippen LogP contribution >= 0.6 is 22.9 Å². The molecule has 2 aromatic heterocycles. The van der Waals surface area contributed by atoms with Crippen molar-refractivity contribution in [1.82, 2.24) is 14.9 Å². The number of aromatic nitrogens is 2. The van der Waals surface area contributed by atoms with Crippen molar-refractivity contribution in [2.45, 2.75) is 25.7 Å². The molecule has 1 aliphatic rings. The van der Waals surface area contributed by atoms with Crippen molar-refractivity contribution in [3.05, 3.63) is 70.3 Å². The summed E-state index contributed by atoms with van der Waals surface area (Å²) in [5, 5.41) is 6.39. The molecule has 7 heteroatoms. The molecule has 1 saturated heterocycles. The summed E-state index contributed by atoms with van der Waals surface area (Å²) in [7, 11) is 0. The highest BCUT2D eigenvalue weighted by molar-refractivity contribution is 7.13. The van der Waals surface area contributed by atoms with Crippen LogP contribution in [0.15, 0.2) is 54.0 Å². The van der Waals surface area contributed by atoms with E-state index in [9.17, 15) is 4.79 Å². The normalized spacial score (nSPS) is 14.7. The molecule has 150 valence electrons. The zero-order valence-electron chi connectivity index (χ0n) is 16.1. The smallest absolute Gasteiger partial charge is 0.228 e. The van der Waals surface area contributed by atoms with Gasteiger partial charge in [0.05, 0.1) is 17.1 Å². The van der Waals surface area contributed by atoms with E-state index in [1.54, 1.807) is 18.3 Å². The van der Waals surface area contributed by atoms with E-state index in [0.29, 0.717) is 23.2 Å². The van der Waals surface area contributed by atoms with Gasteiger partial charge in [-0.25, -0.2) is 9.97 Å². The molecule has 1 fully saturated rings. The van der Waals surface area contributed by atoms with E-state index >= 15 is 0 Å². The summed E-state index contributed by atoms with van der Waals surface area (Å²) in [6, 6.07) is 14.2. The predicted molar refractivity (Wildman–Crippen MR) is 118 cm³/mol. The van der Waals surface area contributed by atoms with Gasteiger partial charge in [0, 0.05) is 24.7 Å². The lowest BCUT2D eigenvalue weighted by Crippen LogP contribution is -2.39. The number of amides is 1. The first-order valence-electron chi connectivity index (χ1n) is 9.80. The fraction of sp³-hybridized carbons (Fsp3) is 0.318. The lowest BCUT2D eigenvalue weighted by atomic mass is 9.90. The van der Waals surface area contributed by atoms with Crippen molar-refractivity contribution in [2.24, 2.45) is 5.92 Å². The van der Waals surface area contributed by atoms with Crippen molar-refractivity contribution < 1.29 is 4.79 Å². The Hall–Kier alpha value is -2.44. The van der Waals surface area contributed by atoms with Crippen molar-refractivity contribution in [1.29, 1.82) is 0 Å². The van der Waals surface area contributed by atoms with Gasteiger partial charge >= 0.3 is 0 Å². The van der Waals surface area contributed by atoms with Crippen LogP contribution < -0.4 is 5.32 Å². The van der Waals surface area contributed by atoms with Crippen LogP contribution in [0.25, 0.3) is 0 Å². The first-order chi connectivity index (χ1) is 14.2. The van der Waals surface area contributed by atoms with Crippen LogP contribution in [0.4, 0.5) is 10.9 Å². The molecule has 1 amide bonds. The maximum absolute atomic E-state index is 12.7. The number of hydrogen-bond acceptors (Lipinski definition) is 5. The minimum Gasteiger partial charge on any atom is -0.342 e. The highest BCUT2D eigenvalue weighted by Crippen LogP contribution is 2.24. The molecule has 0 saturated carbocycles. The van der Waals surface area contributed by atoms with E-state index in [1.807, 2.05) is 10.3 Å². The Morgan fingerprint density at radius 3 is 2.69 bits per heavy atom. The number of thiazole rings is 1. The van der Waals surface area contributed by atoms with E-state index in [1.165, 1.54) is 16.9 Å².